The maximum Gasteiger partial charge on any atom is 0.225 e. The Hall–Kier alpha value is -1.03. The van der Waals surface area contributed by atoms with E-state index in [0.717, 1.165) is 0 Å². The molecule has 0 saturated heterocycles. The number of H-pyrrole nitrogens is 1. The molecular weight excluding hydrogens is 74.1 g/mol. The highest BCUT2D eigenvalue weighted by atomic mass is 14.6. The molecule has 1 N–H and O–H groups in total. The fourth-order valence-corrected chi connectivity index (χ4v) is 0.269. The molecule has 1 heteroatoms. The first kappa shape index (κ1) is 3.17. The van der Waals surface area contributed by atoms with Crippen LogP contribution in [0, 0.1) is 12.3 Å². The van der Waals surface area contributed by atoms with Crippen LogP contribution in [-0.4, -0.2) is 0 Å². The summed E-state index contributed by atoms with van der Waals surface area (Å²) in [6, 6.07) is 6.36. The van der Waals surface area contributed by atoms with E-state index in [1.807, 2.05) is 6.07 Å². The maximum absolute atomic E-state index is 2.71. The van der Waals surface area contributed by atoms with Gasteiger partial charge in [-0.25, -0.2) is 0 Å². The Morgan fingerprint density at radius 2 is 2.50 bits per heavy atom. The van der Waals surface area contributed by atoms with Crippen molar-refractivity contribution < 1.29 is 4.98 Å². The zero-order chi connectivity index (χ0) is 4.24. The van der Waals surface area contributed by atoms with Crippen molar-refractivity contribution in [3.8, 4) is 0 Å². The fraction of sp³-hybridized carbons (Fsp3) is 0. The number of hydrogen-bond donors (Lipinski definition) is 0. The van der Waals surface area contributed by atoms with Gasteiger partial charge in [0.05, 0.1) is 0 Å². The Bertz CT molecular complexity index is 75.9. The quantitative estimate of drug-likeness (QED) is 0.418. The van der Waals surface area contributed by atoms with Gasteiger partial charge in [-0.15, -0.1) is 0 Å². The van der Waals surface area contributed by atoms with Crippen molar-refractivity contribution in [3.05, 3.63) is 30.6 Å². The van der Waals surface area contributed by atoms with Crippen LogP contribution in [0.3, 0.4) is 0 Å². The summed E-state index contributed by atoms with van der Waals surface area (Å²) < 4.78 is 0. The monoisotopic (exact) mass is 78.0 g/mol. The molecule has 0 amide bonds. The van der Waals surface area contributed by atoms with Crippen LogP contribution in [0.25, 0.3) is 0 Å². The minimum absolute atomic E-state index is 1.79. The lowest BCUT2D eigenvalue weighted by molar-refractivity contribution is -0.378. The van der Waals surface area contributed by atoms with Crippen LogP contribution in [0.15, 0.2) is 18.3 Å². The van der Waals surface area contributed by atoms with Gasteiger partial charge in [0.1, 0.15) is 0 Å². The number of nitrogens with one attached hydrogen (secondary N) is 1. The average molecular weight is 78.1 g/mol. The van der Waals surface area contributed by atoms with E-state index in [4.69, 9.17) is 0 Å². The molecule has 1 rings (SSSR count). The van der Waals surface area contributed by atoms with E-state index in [1.165, 1.54) is 0 Å². The molecule has 0 spiro atoms. The number of rotatable bonds is 0. The van der Waals surface area contributed by atoms with Gasteiger partial charge in [-0.3, -0.25) is 0 Å². The first-order chi connectivity index (χ1) is 3.00. The molecule has 1 aromatic heterocycles. The smallest absolute Gasteiger partial charge is 0.163 e. The lowest BCUT2D eigenvalue weighted by Gasteiger charge is -1.53. The van der Waals surface area contributed by atoms with Crippen molar-refractivity contribution in [3.63, 3.8) is 0 Å². The van der Waals surface area contributed by atoms with Gasteiger partial charge in [0.2, 0.25) is 6.20 Å². The molecule has 6 heavy (non-hydrogen) atoms. The standard InChI is InChI=1S/C5H3N/c1-2-4-6-5-3-1/h1-2,4H/p+1. The Morgan fingerprint density at radius 1 is 1.50 bits per heavy atom. The molecule has 1 nitrogen and oxygen atoms in total. The van der Waals surface area contributed by atoms with Gasteiger partial charge in [0.25, 0.3) is 0 Å². The van der Waals surface area contributed by atoms with Crippen LogP contribution >= 0.6 is 0 Å². The highest BCUT2D eigenvalue weighted by molar-refractivity contribution is 4.74. The second kappa shape index (κ2) is 1.42. The van der Waals surface area contributed by atoms with Gasteiger partial charge in [-0.2, -0.15) is 4.98 Å². The van der Waals surface area contributed by atoms with Crippen LogP contribution in [0.4, 0.5) is 0 Å². The third-order valence-electron chi connectivity index (χ3n) is 0.503. The topological polar surface area (TPSA) is 14.1 Å². The molecule has 0 atom stereocenters. The molecule has 0 saturated carbocycles. The zero-order valence-electron chi connectivity index (χ0n) is 3.23. The summed E-state index contributed by atoms with van der Waals surface area (Å²) in [6.45, 7) is 0. The molecule has 28 valence electrons. The van der Waals surface area contributed by atoms with Crippen LogP contribution in [0.1, 0.15) is 0 Å². The highest BCUT2D eigenvalue weighted by Gasteiger charge is 1.61. The summed E-state index contributed by atoms with van der Waals surface area (Å²) in [6.07, 6.45) is 4.43. The van der Waals surface area contributed by atoms with Gasteiger partial charge < -0.3 is 0 Å². The van der Waals surface area contributed by atoms with Gasteiger partial charge in [0, 0.05) is 18.2 Å². The van der Waals surface area contributed by atoms with E-state index in [9.17, 15) is 0 Å². The van der Waals surface area contributed by atoms with E-state index in [0.29, 0.717) is 0 Å². The largest absolute Gasteiger partial charge is 0.225 e. The van der Waals surface area contributed by atoms with Gasteiger partial charge in [0.15, 0.2) is 6.20 Å². The van der Waals surface area contributed by atoms with Crippen molar-refractivity contribution >= 4 is 0 Å². The number of aromatic amines is 1. The van der Waals surface area contributed by atoms with Crippen LogP contribution < -0.4 is 4.98 Å². The Labute approximate surface area is 36.7 Å². The Kier molecular flexibility index (Phi) is 0.749. The molecule has 0 aliphatic rings. The minimum atomic E-state index is 1.79. The zero-order valence-corrected chi connectivity index (χ0v) is 3.23. The summed E-state index contributed by atoms with van der Waals surface area (Å²) in [5, 5.41) is 0. The molecule has 0 fully saturated rings. The molecule has 0 aliphatic heterocycles. The minimum Gasteiger partial charge on any atom is -0.163 e. The molecule has 0 radical (unpaired) electrons. The lowest BCUT2D eigenvalue weighted by Crippen LogP contribution is -1.91. The molecule has 0 aliphatic carbocycles. The summed E-state index contributed by atoms with van der Waals surface area (Å²) in [4.78, 5) is 2.71. The van der Waals surface area contributed by atoms with E-state index >= 15 is 0 Å². The van der Waals surface area contributed by atoms with Crippen LogP contribution in [0.5, 0.6) is 0 Å². The predicted molar refractivity (Wildman–Crippen MR) is 20.7 cm³/mol. The molecule has 1 heterocycles. The van der Waals surface area contributed by atoms with Crippen molar-refractivity contribution in [1.29, 1.82) is 0 Å². The SMILES string of the molecule is c1ccc[nH+]c#1. The molecule has 1 aromatic rings. The molecule has 0 bridgehead atoms. The highest BCUT2D eigenvalue weighted by Crippen LogP contribution is 1.59. The second-order valence-corrected chi connectivity index (χ2v) is 0.939. The normalized spacial score (nSPS) is 6.67. The van der Waals surface area contributed by atoms with E-state index < -0.39 is 0 Å². The molecule has 0 unspecified atom stereocenters. The van der Waals surface area contributed by atoms with Crippen LogP contribution in [0.2, 0.25) is 0 Å². The third-order valence-corrected chi connectivity index (χ3v) is 0.503. The van der Waals surface area contributed by atoms with Gasteiger partial charge in [-0.1, -0.05) is 0 Å². The van der Waals surface area contributed by atoms with Gasteiger partial charge >= 0.3 is 0 Å². The van der Waals surface area contributed by atoms with Crippen molar-refractivity contribution in [2.45, 2.75) is 0 Å². The first-order valence-electron chi connectivity index (χ1n) is 1.74. The van der Waals surface area contributed by atoms with Gasteiger partial charge in [-0.05, 0) is 0 Å². The maximum atomic E-state index is 2.71. The lowest BCUT2D eigenvalue weighted by atomic mass is 10.6. The van der Waals surface area contributed by atoms with Crippen molar-refractivity contribution in [1.82, 2.24) is 0 Å². The molecule has 0 aromatic carbocycles. The summed E-state index contributed by atoms with van der Waals surface area (Å²) in [5.74, 6) is 0. The Balaban J connectivity index is 3.00. The third kappa shape index (κ3) is 0.467. The predicted octanol–water partition coefficient (Wildman–Crippen LogP) is 0.101. The van der Waals surface area contributed by atoms with Crippen LogP contribution in [-0.2, 0) is 0 Å². The molecular formula is C5H4N+. The van der Waals surface area contributed by atoms with E-state index in [2.05, 4.69) is 17.2 Å². The van der Waals surface area contributed by atoms with E-state index in [-0.39, 0.29) is 0 Å². The average Bonchev–Trinajstić information content (AvgIpc) is 1.72. The van der Waals surface area contributed by atoms with Crippen molar-refractivity contribution in [2.75, 3.05) is 0 Å². The van der Waals surface area contributed by atoms with E-state index in [1.54, 1.807) is 12.3 Å². The fourth-order valence-electron chi connectivity index (χ4n) is 0.269. The summed E-state index contributed by atoms with van der Waals surface area (Å²) in [7, 11) is 0. The summed E-state index contributed by atoms with van der Waals surface area (Å²) >= 11 is 0. The summed E-state index contributed by atoms with van der Waals surface area (Å²) in [5.41, 5.74) is 0. The Morgan fingerprint density at radius 3 is 2.67 bits per heavy atom. The first-order valence-corrected chi connectivity index (χ1v) is 1.74. The number of aromatic nitrogens is 1. The number of hydrogen-bond acceptors (Lipinski definition) is 0. The van der Waals surface area contributed by atoms with Crippen molar-refractivity contribution in [2.24, 2.45) is 0 Å². The second-order valence-electron chi connectivity index (χ2n) is 0.939.